The lowest BCUT2D eigenvalue weighted by Crippen LogP contribution is -2.20. The number of aromatic nitrogens is 2. The molecule has 1 saturated carbocycles. The van der Waals surface area contributed by atoms with Gasteiger partial charge in [-0.15, -0.1) is 0 Å². The van der Waals surface area contributed by atoms with Gasteiger partial charge in [-0.2, -0.15) is 0 Å². The Morgan fingerprint density at radius 2 is 2.06 bits per heavy atom. The van der Waals surface area contributed by atoms with E-state index >= 15 is 0 Å². The second-order valence-electron chi connectivity index (χ2n) is 4.73. The van der Waals surface area contributed by atoms with E-state index in [4.69, 9.17) is 0 Å². The van der Waals surface area contributed by atoms with Gasteiger partial charge in [-0.1, -0.05) is 19.8 Å². The van der Waals surface area contributed by atoms with Gasteiger partial charge in [0.2, 0.25) is 0 Å². The maximum absolute atomic E-state index is 4.19. The molecule has 3 nitrogen and oxygen atoms in total. The maximum atomic E-state index is 4.19. The summed E-state index contributed by atoms with van der Waals surface area (Å²) in [7, 11) is 0. The molecule has 1 aliphatic rings. The molecule has 16 heavy (non-hydrogen) atoms. The fourth-order valence-electron chi connectivity index (χ4n) is 2.21. The molecule has 1 fully saturated rings. The van der Waals surface area contributed by atoms with Crippen LogP contribution in [0.3, 0.4) is 0 Å². The van der Waals surface area contributed by atoms with E-state index < -0.39 is 0 Å². The van der Waals surface area contributed by atoms with E-state index in [1.165, 1.54) is 25.7 Å². The second-order valence-corrected chi connectivity index (χ2v) is 5.55. The van der Waals surface area contributed by atoms with Crippen LogP contribution in [0.5, 0.6) is 0 Å². The number of rotatable bonds is 3. The molecule has 0 radical (unpaired) electrons. The van der Waals surface area contributed by atoms with Gasteiger partial charge in [-0.25, -0.2) is 9.97 Å². The molecule has 0 aromatic carbocycles. The topological polar surface area (TPSA) is 37.8 Å². The van der Waals surface area contributed by atoms with Gasteiger partial charge in [0.15, 0.2) is 0 Å². The Balaban J connectivity index is 1.79. The second kappa shape index (κ2) is 5.62. The third-order valence-electron chi connectivity index (χ3n) is 3.34. The van der Waals surface area contributed by atoms with E-state index in [0.717, 1.165) is 28.8 Å². The highest BCUT2D eigenvalue weighted by atomic mass is 79.9. The van der Waals surface area contributed by atoms with Crippen LogP contribution < -0.4 is 5.32 Å². The Bertz CT molecular complexity index is 335. The Kier molecular flexibility index (Phi) is 4.16. The van der Waals surface area contributed by atoms with Crippen LogP contribution >= 0.6 is 15.9 Å². The lowest BCUT2D eigenvalue weighted by Gasteiger charge is -2.26. The van der Waals surface area contributed by atoms with Crippen LogP contribution in [0.1, 0.15) is 32.6 Å². The minimum absolute atomic E-state index is 0.810. The summed E-state index contributed by atoms with van der Waals surface area (Å²) in [4.78, 5) is 8.20. The van der Waals surface area contributed by atoms with Crippen molar-refractivity contribution in [2.75, 3.05) is 11.9 Å². The summed E-state index contributed by atoms with van der Waals surface area (Å²) in [5.41, 5.74) is 0. The average molecular weight is 284 g/mol. The molecule has 4 heteroatoms. The SMILES string of the molecule is CC1CCC(CNc2cc(Br)ncn2)CC1. The van der Waals surface area contributed by atoms with E-state index in [-0.39, 0.29) is 0 Å². The van der Waals surface area contributed by atoms with Gasteiger partial charge in [-0.3, -0.25) is 0 Å². The maximum Gasteiger partial charge on any atom is 0.130 e. The summed E-state index contributed by atoms with van der Waals surface area (Å²) in [5, 5.41) is 3.39. The van der Waals surface area contributed by atoms with Gasteiger partial charge in [0.05, 0.1) is 0 Å². The minimum Gasteiger partial charge on any atom is -0.370 e. The first-order valence-corrected chi connectivity index (χ1v) is 6.75. The highest BCUT2D eigenvalue weighted by molar-refractivity contribution is 9.10. The van der Waals surface area contributed by atoms with Crippen molar-refractivity contribution in [3.05, 3.63) is 17.0 Å². The van der Waals surface area contributed by atoms with Crippen molar-refractivity contribution in [3.63, 3.8) is 0 Å². The van der Waals surface area contributed by atoms with Crippen LogP contribution in [-0.4, -0.2) is 16.5 Å². The summed E-state index contributed by atoms with van der Waals surface area (Å²) in [6.07, 6.45) is 7.02. The Morgan fingerprint density at radius 3 is 2.75 bits per heavy atom. The van der Waals surface area contributed by atoms with Crippen LogP contribution in [0, 0.1) is 11.8 Å². The zero-order chi connectivity index (χ0) is 11.4. The smallest absolute Gasteiger partial charge is 0.130 e. The predicted octanol–water partition coefficient (Wildman–Crippen LogP) is 3.48. The molecule has 1 aliphatic carbocycles. The predicted molar refractivity (Wildman–Crippen MR) is 69.3 cm³/mol. The van der Waals surface area contributed by atoms with Crippen molar-refractivity contribution < 1.29 is 0 Å². The van der Waals surface area contributed by atoms with E-state index in [2.05, 4.69) is 38.1 Å². The van der Waals surface area contributed by atoms with E-state index in [1.54, 1.807) is 6.33 Å². The van der Waals surface area contributed by atoms with Gasteiger partial charge in [0.25, 0.3) is 0 Å². The standard InChI is InChI=1S/C12H18BrN3/c1-9-2-4-10(5-3-9)7-14-12-6-11(13)15-8-16-12/h6,8-10H,2-5,7H2,1H3,(H,14,15,16). The number of hydrogen-bond acceptors (Lipinski definition) is 3. The van der Waals surface area contributed by atoms with E-state index in [1.807, 2.05) is 6.07 Å². The fraction of sp³-hybridized carbons (Fsp3) is 0.667. The first kappa shape index (κ1) is 11.8. The number of anilines is 1. The van der Waals surface area contributed by atoms with Crippen LogP contribution in [0.15, 0.2) is 17.0 Å². The Morgan fingerprint density at radius 1 is 1.31 bits per heavy atom. The first-order chi connectivity index (χ1) is 7.74. The van der Waals surface area contributed by atoms with Gasteiger partial charge >= 0.3 is 0 Å². The summed E-state index contributed by atoms with van der Waals surface area (Å²) in [6, 6.07) is 1.92. The lowest BCUT2D eigenvalue weighted by molar-refractivity contribution is 0.300. The van der Waals surface area contributed by atoms with E-state index in [0.29, 0.717) is 0 Å². The van der Waals surface area contributed by atoms with Crippen LogP contribution in [-0.2, 0) is 0 Å². The van der Waals surface area contributed by atoms with Gasteiger partial charge < -0.3 is 5.32 Å². The molecule has 0 amide bonds. The normalized spacial score (nSPS) is 25.4. The number of nitrogens with zero attached hydrogens (tertiary/aromatic N) is 2. The summed E-state index contributed by atoms with van der Waals surface area (Å²) in [6.45, 7) is 3.39. The average Bonchev–Trinajstić information content (AvgIpc) is 2.28. The summed E-state index contributed by atoms with van der Waals surface area (Å²) < 4.78 is 0.835. The third kappa shape index (κ3) is 3.44. The molecule has 2 rings (SSSR count). The molecule has 0 aliphatic heterocycles. The zero-order valence-corrected chi connectivity index (χ0v) is 11.2. The third-order valence-corrected chi connectivity index (χ3v) is 3.77. The van der Waals surface area contributed by atoms with Gasteiger partial charge in [0.1, 0.15) is 16.7 Å². The molecule has 0 saturated heterocycles. The Labute approximate surface area is 105 Å². The molecule has 0 bridgehead atoms. The number of halogens is 1. The van der Waals surface area contributed by atoms with Crippen LogP contribution in [0.4, 0.5) is 5.82 Å². The van der Waals surface area contributed by atoms with Crippen molar-refractivity contribution >= 4 is 21.7 Å². The molecular weight excluding hydrogens is 266 g/mol. The van der Waals surface area contributed by atoms with Crippen molar-refractivity contribution in [1.29, 1.82) is 0 Å². The van der Waals surface area contributed by atoms with Crippen molar-refractivity contribution in [2.45, 2.75) is 32.6 Å². The number of hydrogen-bond donors (Lipinski definition) is 1. The molecule has 88 valence electrons. The fourth-order valence-corrected chi connectivity index (χ4v) is 2.52. The van der Waals surface area contributed by atoms with Gasteiger partial charge in [-0.05, 0) is 40.6 Å². The van der Waals surface area contributed by atoms with Gasteiger partial charge in [0, 0.05) is 12.6 Å². The van der Waals surface area contributed by atoms with Crippen molar-refractivity contribution in [2.24, 2.45) is 11.8 Å². The highest BCUT2D eigenvalue weighted by Gasteiger charge is 2.17. The molecule has 1 heterocycles. The van der Waals surface area contributed by atoms with Crippen LogP contribution in [0.25, 0.3) is 0 Å². The summed E-state index contributed by atoms with van der Waals surface area (Å²) in [5.74, 6) is 2.65. The quantitative estimate of drug-likeness (QED) is 0.863. The summed E-state index contributed by atoms with van der Waals surface area (Å²) >= 11 is 3.34. The number of nitrogens with one attached hydrogen (secondary N) is 1. The zero-order valence-electron chi connectivity index (χ0n) is 9.62. The Hall–Kier alpha value is -0.640. The van der Waals surface area contributed by atoms with E-state index in [9.17, 15) is 0 Å². The van der Waals surface area contributed by atoms with Crippen molar-refractivity contribution in [1.82, 2.24) is 9.97 Å². The molecule has 1 N–H and O–H groups in total. The minimum atomic E-state index is 0.810. The van der Waals surface area contributed by atoms with Crippen LogP contribution in [0.2, 0.25) is 0 Å². The first-order valence-electron chi connectivity index (χ1n) is 5.95. The highest BCUT2D eigenvalue weighted by Crippen LogP contribution is 2.28. The van der Waals surface area contributed by atoms with Crippen molar-refractivity contribution in [3.8, 4) is 0 Å². The lowest BCUT2D eigenvalue weighted by atomic mass is 9.83. The molecule has 0 unspecified atom stereocenters. The molecule has 0 atom stereocenters. The molecular formula is C12H18BrN3. The monoisotopic (exact) mass is 283 g/mol. The molecule has 0 spiro atoms. The largest absolute Gasteiger partial charge is 0.370 e. The molecule has 1 aromatic rings. The molecule has 1 aromatic heterocycles.